The zero-order valence-corrected chi connectivity index (χ0v) is 17.8. The van der Waals surface area contributed by atoms with E-state index in [4.69, 9.17) is 9.68 Å². The van der Waals surface area contributed by atoms with Crippen molar-refractivity contribution in [3.8, 4) is 17.4 Å². The largest absolute Gasteiger partial charge is 0.478 e. The van der Waals surface area contributed by atoms with Crippen LogP contribution in [0, 0.1) is 24.1 Å². The number of carboxylic acid groups (broad SMARTS) is 1. The van der Waals surface area contributed by atoms with Crippen molar-refractivity contribution in [3.05, 3.63) is 99.0 Å². The highest BCUT2D eigenvalue weighted by molar-refractivity contribution is 5.94. The van der Waals surface area contributed by atoms with Crippen molar-refractivity contribution in [2.45, 2.75) is 19.9 Å². The van der Waals surface area contributed by atoms with Crippen molar-refractivity contribution in [2.24, 2.45) is 0 Å². The maximum absolute atomic E-state index is 14.2. The molecule has 0 aliphatic heterocycles. The maximum atomic E-state index is 14.2. The number of nitrogens with zero attached hydrogens (tertiary/aromatic N) is 1. The molecule has 33 heavy (non-hydrogen) atoms. The van der Waals surface area contributed by atoms with Gasteiger partial charge in [-0.3, -0.25) is 4.79 Å². The lowest BCUT2D eigenvalue weighted by molar-refractivity contribution is 0.0698. The molecule has 0 aliphatic carbocycles. The minimum absolute atomic E-state index is 0.104. The van der Waals surface area contributed by atoms with E-state index in [0.717, 1.165) is 11.6 Å². The molecular formula is C26H19FN2O4. The Kier molecular flexibility index (Phi) is 5.67. The van der Waals surface area contributed by atoms with E-state index in [1.165, 1.54) is 24.3 Å². The van der Waals surface area contributed by atoms with Gasteiger partial charge in [0.05, 0.1) is 22.6 Å². The molecule has 0 saturated heterocycles. The van der Waals surface area contributed by atoms with Crippen molar-refractivity contribution in [2.75, 3.05) is 5.32 Å². The third kappa shape index (κ3) is 4.19. The number of fused-ring (bicyclic) bond motifs is 1. The summed E-state index contributed by atoms with van der Waals surface area (Å²) in [6, 6.07) is 16.8. The third-order valence-corrected chi connectivity index (χ3v) is 5.37. The minimum Gasteiger partial charge on any atom is -0.478 e. The molecule has 1 heterocycles. The second-order valence-electron chi connectivity index (χ2n) is 7.73. The van der Waals surface area contributed by atoms with E-state index >= 15 is 0 Å². The normalized spacial score (nSPS) is 11.7. The van der Waals surface area contributed by atoms with Crippen LogP contribution in [0.3, 0.4) is 0 Å². The highest BCUT2D eigenvalue weighted by atomic mass is 19.1. The zero-order chi connectivity index (χ0) is 23.7. The summed E-state index contributed by atoms with van der Waals surface area (Å²) in [5, 5.41) is 22.0. The third-order valence-electron chi connectivity index (χ3n) is 5.37. The summed E-state index contributed by atoms with van der Waals surface area (Å²) in [6.07, 6.45) is 0. The fraction of sp³-hybridized carbons (Fsp3) is 0.115. The number of carbonyl (C=O) groups is 1. The number of hydrogen-bond donors (Lipinski definition) is 2. The van der Waals surface area contributed by atoms with Crippen molar-refractivity contribution in [1.29, 1.82) is 5.26 Å². The van der Waals surface area contributed by atoms with Crippen molar-refractivity contribution >= 4 is 22.6 Å². The van der Waals surface area contributed by atoms with Gasteiger partial charge in [-0.25, -0.2) is 9.18 Å². The van der Waals surface area contributed by atoms with Gasteiger partial charge in [0, 0.05) is 22.9 Å². The first-order valence-corrected chi connectivity index (χ1v) is 10.2. The van der Waals surface area contributed by atoms with Crippen LogP contribution in [-0.4, -0.2) is 11.1 Å². The summed E-state index contributed by atoms with van der Waals surface area (Å²) in [4.78, 5) is 24.5. The number of anilines is 1. The molecule has 0 aliphatic rings. The first-order chi connectivity index (χ1) is 15.8. The SMILES string of the molecule is Cc1cc([C@@H](C)Nc2ccccc2C(=O)O)c2oc(-c3ccc(C#N)c(F)c3)cc(=O)c2c1. The Bertz CT molecular complexity index is 1500. The quantitative estimate of drug-likeness (QED) is 0.414. The van der Waals surface area contributed by atoms with Crippen molar-refractivity contribution < 1.29 is 18.7 Å². The van der Waals surface area contributed by atoms with E-state index in [9.17, 15) is 19.1 Å². The molecule has 0 unspecified atom stereocenters. The van der Waals surface area contributed by atoms with E-state index < -0.39 is 17.8 Å². The lowest BCUT2D eigenvalue weighted by Gasteiger charge is -2.19. The van der Waals surface area contributed by atoms with Crippen LogP contribution in [0.15, 0.2) is 69.9 Å². The fourth-order valence-corrected chi connectivity index (χ4v) is 3.76. The van der Waals surface area contributed by atoms with E-state index in [-0.39, 0.29) is 22.3 Å². The number of nitrogens with one attached hydrogen (secondary N) is 1. The number of carboxylic acids is 1. The molecule has 4 aromatic rings. The Morgan fingerprint density at radius 3 is 2.61 bits per heavy atom. The standard InChI is InChI=1S/C26H19FN2O4/c1-14-9-19(15(2)29-22-6-4-3-5-18(22)26(31)32)25-20(10-14)23(30)12-24(33-25)16-7-8-17(13-28)21(27)11-16/h3-12,15,29H,1-2H3,(H,31,32)/t15-/m1/s1. The Morgan fingerprint density at radius 1 is 1.15 bits per heavy atom. The topological polar surface area (TPSA) is 103 Å². The van der Waals surface area contributed by atoms with Crippen LogP contribution in [0.1, 0.15) is 40.0 Å². The molecule has 2 N–H and O–H groups in total. The molecule has 0 saturated carbocycles. The average Bonchev–Trinajstić information content (AvgIpc) is 2.79. The molecule has 4 rings (SSSR count). The number of rotatable bonds is 5. The molecule has 164 valence electrons. The van der Waals surface area contributed by atoms with Gasteiger partial charge >= 0.3 is 5.97 Å². The summed E-state index contributed by atoms with van der Waals surface area (Å²) in [7, 11) is 0. The summed E-state index contributed by atoms with van der Waals surface area (Å²) in [5.41, 5.74) is 2.29. The molecule has 3 aromatic carbocycles. The molecule has 0 fully saturated rings. The van der Waals surface area contributed by atoms with Gasteiger partial charge in [-0.05, 0) is 55.8 Å². The van der Waals surface area contributed by atoms with Crippen LogP contribution < -0.4 is 10.7 Å². The molecule has 0 radical (unpaired) electrons. The molecule has 1 atom stereocenters. The van der Waals surface area contributed by atoms with Gasteiger partial charge in [-0.15, -0.1) is 0 Å². The van der Waals surface area contributed by atoms with Gasteiger partial charge in [0.1, 0.15) is 23.2 Å². The molecule has 1 aromatic heterocycles. The van der Waals surface area contributed by atoms with E-state index in [1.54, 1.807) is 30.3 Å². The highest BCUT2D eigenvalue weighted by Gasteiger charge is 2.18. The summed E-state index contributed by atoms with van der Waals surface area (Å²) < 4.78 is 20.2. The van der Waals surface area contributed by atoms with Crippen molar-refractivity contribution in [3.63, 3.8) is 0 Å². The fourth-order valence-electron chi connectivity index (χ4n) is 3.76. The van der Waals surface area contributed by atoms with E-state index in [1.807, 2.05) is 19.9 Å². The number of hydrogen-bond acceptors (Lipinski definition) is 5. The van der Waals surface area contributed by atoms with Gasteiger partial charge in [0.15, 0.2) is 5.43 Å². The monoisotopic (exact) mass is 442 g/mol. The number of aromatic carboxylic acids is 1. The molecule has 0 spiro atoms. The van der Waals surface area contributed by atoms with Crippen LogP contribution in [0.4, 0.5) is 10.1 Å². The molecule has 0 bridgehead atoms. The first-order valence-electron chi connectivity index (χ1n) is 10.2. The number of halogens is 1. The number of benzene rings is 3. The second-order valence-corrected chi connectivity index (χ2v) is 7.73. The zero-order valence-electron chi connectivity index (χ0n) is 17.8. The number of aryl methyl sites for hydroxylation is 1. The molecular weight excluding hydrogens is 423 g/mol. The summed E-state index contributed by atoms with van der Waals surface area (Å²) in [6.45, 7) is 3.69. The maximum Gasteiger partial charge on any atom is 0.337 e. The molecule has 7 heteroatoms. The van der Waals surface area contributed by atoms with Crippen LogP contribution in [0.2, 0.25) is 0 Å². The number of nitriles is 1. The smallest absolute Gasteiger partial charge is 0.337 e. The lowest BCUT2D eigenvalue weighted by Crippen LogP contribution is -2.12. The van der Waals surface area contributed by atoms with E-state index in [0.29, 0.717) is 27.8 Å². The summed E-state index contributed by atoms with van der Waals surface area (Å²) in [5.74, 6) is -1.60. The van der Waals surface area contributed by atoms with E-state index in [2.05, 4.69) is 5.32 Å². The molecule has 6 nitrogen and oxygen atoms in total. The van der Waals surface area contributed by atoms with Gasteiger partial charge in [-0.1, -0.05) is 18.2 Å². The Balaban J connectivity index is 1.85. The van der Waals surface area contributed by atoms with Crippen LogP contribution in [-0.2, 0) is 0 Å². The number of para-hydroxylation sites is 1. The molecule has 0 amide bonds. The Labute approximate surface area is 188 Å². The Morgan fingerprint density at radius 2 is 1.91 bits per heavy atom. The Hall–Kier alpha value is -4.44. The predicted octanol–water partition coefficient (Wildman–Crippen LogP) is 5.65. The first kappa shape index (κ1) is 21.8. The minimum atomic E-state index is -1.06. The van der Waals surface area contributed by atoms with Crippen molar-refractivity contribution in [1.82, 2.24) is 0 Å². The van der Waals surface area contributed by atoms with Gasteiger partial charge in [0.25, 0.3) is 0 Å². The van der Waals surface area contributed by atoms with Gasteiger partial charge < -0.3 is 14.8 Å². The predicted molar refractivity (Wildman–Crippen MR) is 123 cm³/mol. The highest BCUT2D eigenvalue weighted by Crippen LogP contribution is 2.31. The van der Waals surface area contributed by atoms with Gasteiger partial charge in [-0.2, -0.15) is 5.26 Å². The average molecular weight is 442 g/mol. The second kappa shape index (κ2) is 8.60. The lowest BCUT2D eigenvalue weighted by atomic mass is 10.00. The van der Waals surface area contributed by atoms with Crippen LogP contribution >= 0.6 is 0 Å². The van der Waals surface area contributed by atoms with Gasteiger partial charge in [0.2, 0.25) is 0 Å². The summed E-state index contributed by atoms with van der Waals surface area (Å²) >= 11 is 0. The van der Waals surface area contributed by atoms with Crippen LogP contribution in [0.5, 0.6) is 0 Å². The van der Waals surface area contributed by atoms with Crippen LogP contribution in [0.25, 0.3) is 22.3 Å².